The number of benzene rings is 2. The van der Waals surface area contributed by atoms with Crippen molar-refractivity contribution in [1.82, 2.24) is 5.32 Å². The summed E-state index contributed by atoms with van der Waals surface area (Å²) in [5.74, 6) is 0.250. The van der Waals surface area contributed by atoms with Crippen molar-refractivity contribution in [3.05, 3.63) is 65.7 Å². The van der Waals surface area contributed by atoms with Crippen molar-refractivity contribution in [2.24, 2.45) is 0 Å². The second kappa shape index (κ2) is 8.96. The van der Waals surface area contributed by atoms with Gasteiger partial charge in [-0.05, 0) is 42.9 Å². The van der Waals surface area contributed by atoms with E-state index in [2.05, 4.69) is 22.8 Å². The van der Waals surface area contributed by atoms with E-state index in [-0.39, 0.29) is 18.6 Å². The Hall–Kier alpha value is -2.33. The fourth-order valence-corrected chi connectivity index (χ4v) is 2.60. The Kier molecular flexibility index (Phi) is 6.63. The first kappa shape index (κ1) is 17.0. The number of hydrogen-bond donors (Lipinski definition) is 3. The lowest BCUT2D eigenvalue weighted by molar-refractivity contribution is 0.250. The van der Waals surface area contributed by atoms with Crippen LogP contribution in [0.4, 0.5) is 10.5 Å². The van der Waals surface area contributed by atoms with Gasteiger partial charge < -0.3 is 15.7 Å². The molecule has 0 aliphatic carbocycles. The summed E-state index contributed by atoms with van der Waals surface area (Å²) in [5.41, 5.74) is 3.05. The highest BCUT2D eigenvalue weighted by atomic mass is 16.3. The molecular formula is C19H24N2O2. The maximum atomic E-state index is 12.0. The van der Waals surface area contributed by atoms with E-state index in [0.29, 0.717) is 13.0 Å². The average Bonchev–Trinajstić information content (AvgIpc) is 2.57. The van der Waals surface area contributed by atoms with Gasteiger partial charge in [-0.2, -0.15) is 0 Å². The van der Waals surface area contributed by atoms with Crippen LogP contribution in [0.15, 0.2) is 54.6 Å². The minimum atomic E-state index is -0.199. The van der Waals surface area contributed by atoms with Gasteiger partial charge in [-0.15, -0.1) is 0 Å². The predicted octanol–water partition coefficient (Wildman–Crippen LogP) is 3.67. The van der Waals surface area contributed by atoms with E-state index < -0.39 is 0 Å². The molecule has 0 saturated heterocycles. The van der Waals surface area contributed by atoms with Crippen molar-refractivity contribution in [1.29, 1.82) is 0 Å². The SMILES string of the molecule is Cc1ccccc1NC(=O)NCCC(CCO)c1ccccc1. The van der Waals surface area contributed by atoms with E-state index in [0.717, 1.165) is 17.7 Å². The predicted molar refractivity (Wildman–Crippen MR) is 93.7 cm³/mol. The highest BCUT2D eigenvalue weighted by Gasteiger charge is 2.11. The Labute approximate surface area is 137 Å². The lowest BCUT2D eigenvalue weighted by Gasteiger charge is -2.17. The van der Waals surface area contributed by atoms with Gasteiger partial charge in [-0.25, -0.2) is 4.79 Å². The summed E-state index contributed by atoms with van der Waals surface area (Å²) >= 11 is 0. The minimum Gasteiger partial charge on any atom is -0.396 e. The number of amides is 2. The largest absolute Gasteiger partial charge is 0.396 e. The average molecular weight is 312 g/mol. The van der Waals surface area contributed by atoms with Crippen LogP contribution in [0, 0.1) is 6.92 Å². The molecule has 0 spiro atoms. The number of nitrogens with one attached hydrogen (secondary N) is 2. The highest BCUT2D eigenvalue weighted by molar-refractivity contribution is 5.89. The Morgan fingerprint density at radius 1 is 1.04 bits per heavy atom. The molecule has 0 aliphatic rings. The van der Waals surface area contributed by atoms with Crippen LogP contribution in [0.2, 0.25) is 0 Å². The van der Waals surface area contributed by atoms with E-state index in [9.17, 15) is 9.90 Å². The van der Waals surface area contributed by atoms with Crippen molar-refractivity contribution in [3.63, 3.8) is 0 Å². The number of carbonyl (C=O) groups is 1. The van der Waals surface area contributed by atoms with Crippen LogP contribution in [0.1, 0.15) is 29.9 Å². The fraction of sp³-hybridized carbons (Fsp3) is 0.316. The number of carbonyl (C=O) groups excluding carboxylic acids is 1. The molecule has 2 amide bonds. The number of urea groups is 1. The molecule has 4 heteroatoms. The van der Waals surface area contributed by atoms with Crippen LogP contribution in [0.3, 0.4) is 0 Å². The third-order valence-corrected chi connectivity index (χ3v) is 3.92. The normalized spacial score (nSPS) is 11.7. The van der Waals surface area contributed by atoms with Gasteiger partial charge in [0.2, 0.25) is 0 Å². The molecule has 0 aromatic heterocycles. The fourth-order valence-electron chi connectivity index (χ4n) is 2.60. The number of para-hydroxylation sites is 1. The zero-order valence-corrected chi connectivity index (χ0v) is 13.5. The number of anilines is 1. The van der Waals surface area contributed by atoms with Crippen molar-refractivity contribution in [2.45, 2.75) is 25.7 Å². The lowest BCUT2D eigenvalue weighted by Crippen LogP contribution is -2.30. The minimum absolute atomic E-state index is 0.148. The van der Waals surface area contributed by atoms with Crippen molar-refractivity contribution >= 4 is 11.7 Å². The zero-order chi connectivity index (χ0) is 16.5. The summed E-state index contributed by atoms with van der Waals surface area (Å²) in [5, 5.41) is 15.0. The summed E-state index contributed by atoms with van der Waals surface area (Å²) in [6.45, 7) is 2.68. The smallest absolute Gasteiger partial charge is 0.319 e. The highest BCUT2D eigenvalue weighted by Crippen LogP contribution is 2.22. The number of aliphatic hydroxyl groups excluding tert-OH is 1. The second-order valence-corrected chi connectivity index (χ2v) is 5.60. The van der Waals surface area contributed by atoms with Crippen LogP contribution in [-0.2, 0) is 0 Å². The standard InChI is InChI=1S/C19H24N2O2/c1-15-7-5-6-10-18(15)21-19(23)20-13-11-17(12-14-22)16-8-3-2-4-9-16/h2-10,17,22H,11-14H2,1H3,(H2,20,21,23). The molecule has 2 aromatic carbocycles. The van der Waals surface area contributed by atoms with Crippen LogP contribution < -0.4 is 10.6 Å². The summed E-state index contributed by atoms with van der Waals surface area (Å²) < 4.78 is 0. The van der Waals surface area contributed by atoms with Crippen LogP contribution in [0.25, 0.3) is 0 Å². The molecule has 0 fully saturated rings. The number of rotatable bonds is 7. The van der Waals surface area contributed by atoms with Gasteiger partial charge in [0.1, 0.15) is 0 Å². The maximum absolute atomic E-state index is 12.0. The molecule has 122 valence electrons. The Morgan fingerprint density at radius 2 is 1.74 bits per heavy atom. The Bertz CT molecular complexity index is 614. The summed E-state index contributed by atoms with van der Waals surface area (Å²) in [6.07, 6.45) is 1.50. The summed E-state index contributed by atoms with van der Waals surface area (Å²) in [6, 6.07) is 17.6. The molecule has 0 bridgehead atoms. The van der Waals surface area contributed by atoms with Crippen LogP contribution in [0.5, 0.6) is 0 Å². The van der Waals surface area contributed by atoms with E-state index >= 15 is 0 Å². The third kappa shape index (κ3) is 5.42. The van der Waals surface area contributed by atoms with Crippen LogP contribution in [-0.4, -0.2) is 24.3 Å². The molecule has 0 heterocycles. The molecule has 2 aromatic rings. The molecule has 0 radical (unpaired) electrons. The molecule has 2 rings (SSSR count). The number of aryl methyl sites for hydroxylation is 1. The van der Waals surface area contributed by atoms with Crippen molar-refractivity contribution < 1.29 is 9.90 Å². The van der Waals surface area contributed by atoms with E-state index in [4.69, 9.17) is 0 Å². The Morgan fingerprint density at radius 3 is 2.43 bits per heavy atom. The zero-order valence-electron chi connectivity index (χ0n) is 13.5. The first-order valence-corrected chi connectivity index (χ1v) is 7.97. The Balaban J connectivity index is 1.82. The molecule has 0 aliphatic heterocycles. The van der Waals surface area contributed by atoms with Crippen molar-refractivity contribution in [3.8, 4) is 0 Å². The van der Waals surface area contributed by atoms with Gasteiger partial charge in [0, 0.05) is 18.8 Å². The molecule has 0 saturated carbocycles. The van der Waals surface area contributed by atoms with E-state index in [1.807, 2.05) is 49.4 Å². The van der Waals surface area contributed by atoms with E-state index in [1.54, 1.807) is 0 Å². The maximum Gasteiger partial charge on any atom is 0.319 e. The van der Waals surface area contributed by atoms with Crippen LogP contribution >= 0.6 is 0 Å². The second-order valence-electron chi connectivity index (χ2n) is 5.60. The number of aliphatic hydroxyl groups is 1. The molecule has 3 N–H and O–H groups in total. The lowest BCUT2D eigenvalue weighted by atomic mass is 9.93. The van der Waals surface area contributed by atoms with Gasteiger partial charge in [-0.3, -0.25) is 0 Å². The van der Waals surface area contributed by atoms with Gasteiger partial charge in [-0.1, -0.05) is 48.5 Å². The molecule has 4 nitrogen and oxygen atoms in total. The van der Waals surface area contributed by atoms with Gasteiger partial charge >= 0.3 is 6.03 Å². The molecular weight excluding hydrogens is 288 g/mol. The molecule has 1 unspecified atom stereocenters. The summed E-state index contributed by atoms with van der Waals surface area (Å²) in [4.78, 5) is 12.0. The molecule has 23 heavy (non-hydrogen) atoms. The van der Waals surface area contributed by atoms with Crippen molar-refractivity contribution in [2.75, 3.05) is 18.5 Å². The monoisotopic (exact) mass is 312 g/mol. The van der Waals surface area contributed by atoms with Gasteiger partial charge in [0.05, 0.1) is 0 Å². The summed E-state index contributed by atoms with van der Waals surface area (Å²) in [7, 11) is 0. The first-order valence-electron chi connectivity index (χ1n) is 7.97. The van der Waals surface area contributed by atoms with E-state index in [1.165, 1.54) is 5.56 Å². The quantitative estimate of drug-likeness (QED) is 0.730. The van der Waals surface area contributed by atoms with Gasteiger partial charge in [0.25, 0.3) is 0 Å². The first-order chi connectivity index (χ1) is 11.2. The third-order valence-electron chi connectivity index (χ3n) is 3.92. The van der Waals surface area contributed by atoms with Gasteiger partial charge in [0.15, 0.2) is 0 Å². The topological polar surface area (TPSA) is 61.4 Å². The number of hydrogen-bond acceptors (Lipinski definition) is 2. The molecule has 1 atom stereocenters.